The molecule has 4 atom stereocenters. The number of primary amides is 1. The summed E-state index contributed by atoms with van der Waals surface area (Å²) < 4.78 is 0. The van der Waals surface area contributed by atoms with Crippen LogP contribution in [0.1, 0.15) is 27.9 Å². The largest absolute Gasteiger partial charge is 0.510 e. The fourth-order valence-electron chi connectivity index (χ4n) is 5.39. The SMILES string of the molecule is C#Cc1ccc(O)c2c1C[C@H]1C[C@H]3C(N(C)C)C(O)=C(C(N)=O)C(=O)[C@@]3(O)C(O)=C1C2=O. The van der Waals surface area contributed by atoms with Crippen molar-refractivity contribution in [3.8, 4) is 18.1 Å². The lowest BCUT2D eigenvalue weighted by atomic mass is 9.58. The molecule has 0 spiro atoms. The van der Waals surface area contributed by atoms with Crippen LogP contribution in [-0.4, -0.2) is 68.5 Å². The minimum atomic E-state index is -2.65. The van der Waals surface area contributed by atoms with Crippen molar-refractivity contribution < 1.29 is 34.8 Å². The lowest BCUT2D eigenvalue weighted by Gasteiger charge is -2.50. The molecular formula is C23H22N2O7. The molecule has 0 heterocycles. The summed E-state index contributed by atoms with van der Waals surface area (Å²) in [7, 11) is 3.14. The fourth-order valence-corrected chi connectivity index (χ4v) is 5.39. The van der Waals surface area contributed by atoms with E-state index in [0.29, 0.717) is 11.1 Å². The van der Waals surface area contributed by atoms with Crippen LogP contribution in [0.5, 0.6) is 5.75 Å². The molecule has 166 valence electrons. The Hall–Kier alpha value is -3.61. The van der Waals surface area contributed by atoms with Gasteiger partial charge in [-0.1, -0.05) is 5.92 Å². The number of carbonyl (C=O) groups excluding carboxylic acids is 3. The number of amides is 1. The smallest absolute Gasteiger partial charge is 0.255 e. The summed E-state index contributed by atoms with van der Waals surface area (Å²) in [4.78, 5) is 39.9. The predicted octanol–water partition coefficient (Wildman–Crippen LogP) is 0.102. The van der Waals surface area contributed by atoms with Crippen molar-refractivity contribution in [2.45, 2.75) is 24.5 Å². The van der Waals surface area contributed by atoms with Crippen molar-refractivity contribution in [3.05, 3.63) is 51.5 Å². The van der Waals surface area contributed by atoms with E-state index in [1.54, 1.807) is 14.1 Å². The number of aliphatic hydroxyl groups is 3. The highest BCUT2D eigenvalue weighted by Crippen LogP contribution is 2.52. The number of allylic oxidation sites excluding steroid dienone is 1. The molecule has 3 aliphatic rings. The van der Waals surface area contributed by atoms with Crippen LogP contribution in [0.4, 0.5) is 0 Å². The van der Waals surface area contributed by atoms with Gasteiger partial charge in [0.1, 0.15) is 22.8 Å². The number of carbonyl (C=O) groups is 3. The number of hydrogen-bond donors (Lipinski definition) is 5. The molecule has 1 amide bonds. The molecule has 1 aromatic carbocycles. The Labute approximate surface area is 183 Å². The van der Waals surface area contributed by atoms with Gasteiger partial charge in [-0.2, -0.15) is 0 Å². The molecule has 32 heavy (non-hydrogen) atoms. The number of likely N-dealkylation sites (N-methyl/N-ethyl adjacent to an activating group) is 1. The molecule has 6 N–H and O–H groups in total. The molecule has 0 aliphatic heterocycles. The van der Waals surface area contributed by atoms with E-state index in [0.717, 1.165) is 0 Å². The third-order valence-electron chi connectivity index (χ3n) is 6.76. The van der Waals surface area contributed by atoms with Crippen LogP contribution >= 0.6 is 0 Å². The van der Waals surface area contributed by atoms with Crippen molar-refractivity contribution in [1.82, 2.24) is 4.90 Å². The Balaban J connectivity index is 1.99. The maximum atomic E-state index is 13.3. The molecule has 0 saturated carbocycles. The first-order chi connectivity index (χ1) is 15.0. The topological polar surface area (TPSA) is 161 Å². The van der Waals surface area contributed by atoms with Gasteiger partial charge in [0, 0.05) is 17.1 Å². The fraction of sp³-hybridized carbons (Fsp3) is 0.348. The van der Waals surface area contributed by atoms with Crippen molar-refractivity contribution in [2.24, 2.45) is 17.6 Å². The lowest BCUT2D eigenvalue weighted by molar-refractivity contribution is -0.148. The van der Waals surface area contributed by atoms with E-state index in [4.69, 9.17) is 12.2 Å². The number of terminal acetylenes is 1. The molecule has 9 heteroatoms. The summed E-state index contributed by atoms with van der Waals surface area (Å²) in [5.41, 5.74) is 2.34. The molecule has 0 radical (unpaired) electrons. The van der Waals surface area contributed by atoms with Crippen LogP contribution < -0.4 is 5.73 Å². The number of nitrogens with two attached hydrogens (primary N) is 1. The second-order valence-corrected chi connectivity index (χ2v) is 8.59. The first-order valence-corrected chi connectivity index (χ1v) is 9.93. The number of fused-ring (bicyclic) bond motifs is 3. The molecule has 0 saturated heterocycles. The molecule has 0 bridgehead atoms. The molecule has 4 rings (SSSR count). The molecule has 1 unspecified atom stereocenters. The summed E-state index contributed by atoms with van der Waals surface area (Å²) in [5.74, 6) is -4.37. The number of phenols is 1. The Morgan fingerprint density at radius 3 is 2.47 bits per heavy atom. The van der Waals surface area contributed by atoms with Crippen LogP contribution in [0.3, 0.4) is 0 Å². The maximum absolute atomic E-state index is 13.3. The van der Waals surface area contributed by atoms with Gasteiger partial charge in [-0.3, -0.25) is 19.3 Å². The first-order valence-electron chi connectivity index (χ1n) is 9.93. The number of rotatable bonds is 2. The zero-order valence-corrected chi connectivity index (χ0v) is 17.4. The minimum Gasteiger partial charge on any atom is -0.510 e. The van der Waals surface area contributed by atoms with E-state index >= 15 is 0 Å². The van der Waals surface area contributed by atoms with Gasteiger partial charge in [-0.05, 0) is 50.6 Å². The maximum Gasteiger partial charge on any atom is 0.255 e. The van der Waals surface area contributed by atoms with E-state index in [-0.39, 0.29) is 29.7 Å². The first kappa shape index (κ1) is 21.6. The Morgan fingerprint density at radius 2 is 1.91 bits per heavy atom. The van der Waals surface area contributed by atoms with E-state index in [2.05, 4.69) is 5.92 Å². The van der Waals surface area contributed by atoms with Crippen molar-refractivity contribution in [1.29, 1.82) is 0 Å². The predicted molar refractivity (Wildman–Crippen MR) is 112 cm³/mol. The van der Waals surface area contributed by atoms with Crippen LogP contribution in [-0.2, 0) is 16.0 Å². The van der Waals surface area contributed by atoms with E-state index < -0.39 is 58.0 Å². The van der Waals surface area contributed by atoms with Gasteiger partial charge in [0.15, 0.2) is 11.4 Å². The molecule has 3 aliphatic carbocycles. The molecule has 0 aromatic heterocycles. The third-order valence-corrected chi connectivity index (χ3v) is 6.76. The van der Waals surface area contributed by atoms with Gasteiger partial charge < -0.3 is 26.2 Å². The highest BCUT2D eigenvalue weighted by atomic mass is 16.3. The van der Waals surface area contributed by atoms with E-state index in [1.165, 1.54) is 17.0 Å². The second-order valence-electron chi connectivity index (χ2n) is 8.59. The third kappa shape index (κ3) is 2.57. The minimum absolute atomic E-state index is 0.0193. The summed E-state index contributed by atoms with van der Waals surface area (Å²) >= 11 is 0. The van der Waals surface area contributed by atoms with Crippen molar-refractivity contribution >= 4 is 17.5 Å². The zero-order chi connectivity index (χ0) is 23.7. The molecule has 0 fully saturated rings. The lowest BCUT2D eigenvalue weighted by Crippen LogP contribution is -2.63. The number of benzene rings is 1. The van der Waals surface area contributed by atoms with Gasteiger partial charge in [0.2, 0.25) is 5.78 Å². The summed E-state index contributed by atoms with van der Waals surface area (Å²) in [6, 6.07) is 1.75. The van der Waals surface area contributed by atoms with Gasteiger partial charge in [-0.15, -0.1) is 6.42 Å². The Morgan fingerprint density at radius 1 is 1.25 bits per heavy atom. The van der Waals surface area contributed by atoms with Crippen LogP contribution in [0.15, 0.2) is 34.8 Å². The van der Waals surface area contributed by atoms with E-state index in [1.807, 2.05) is 0 Å². The standard InChI is InChI=1S/C23H22N2O7/c1-4-9-5-6-13(26)15-11(9)7-10-8-12-17(25(2)3)19(28)16(22(24)31)21(30)23(12,32)20(29)14(10)18(15)27/h1,5-6,10,12,17,26,28-29,32H,7-8H2,2-3H3,(H2,24,31)/t10-,12-,17?,23-/m0/s1. The quantitative estimate of drug-likeness (QED) is 0.321. The Kier molecular flexibility index (Phi) is 4.69. The van der Waals surface area contributed by atoms with Crippen molar-refractivity contribution in [2.75, 3.05) is 14.1 Å². The van der Waals surface area contributed by atoms with Gasteiger partial charge >= 0.3 is 0 Å². The highest BCUT2D eigenvalue weighted by Gasteiger charge is 2.63. The zero-order valence-electron chi connectivity index (χ0n) is 17.4. The number of phenolic OH excluding ortho intramolecular Hbond substituents is 1. The van der Waals surface area contributed by atoms with Crippen LogP contribution in [0.25, 0.3) is 0 Å². The number of Topliss-reactive ketones (excluding diaryl/α,β-unsaturated/α-hetero) is 2. The summed E-state index contributed by atoms with van der Waals surface area (Å²) in [5, 5.41) is 43.6. The van der Waals surface area contributed by atoms with Crippen molar-refractivity contribution in [3.63, 3.8) is 0 Å². The molecule has 9 nitrogen and oxygen atoms in total. The number of aromatic hydroxyl groups is 1. The second kappa shape index (κ2) is 6.95. The van der Waals surface area contributed by atoms with Gasteiger partial charge in [-0.25, -0.2) is 0 Å². The summed E-state index contributed by atoms with van der Waals surface area (Å²) in [6.45, 7) is 0. The summed E-state index contributed by atoms with van der Waals surface area (Å²) in [6.07, 6.45) is 5.74. The van der Waals surface area contributed by atoms with Gasteiger partial charge in [0.05, 0.1) is 11.6 Å². The number of ketones is 2. The normalized spacial score (nSPS) is 29.4. The van der Waals surface area contributed by atoms with Crippen LogP contribution in [0, 0.1) is 24.2 Å². The number of nitrogens with zero attached hydrogens (tertiary/aromatic N) is 1. The number of aliphatic hydroxyl groups excluding tert-OH is 2. The number of hydrogen-bond acceptors (Lipinski definition) is 8. The monoisotopic (exact) mass is 438 g/mol. The average Bonchev–Trinajstić information content (AvgIpc) is 2.70. The Bertz CT molecular complexity index is 1200. The van der Waals surface area contributed by atoms with E-state index in [9.17, 15) is 34.8 Å². The molecule has 1 aromatic rings. The average molecular weight is 438 g/mol. The molecular weight excluding hydrogens is 416 g/mol. The highest BCUT2D eigenvalue weighted by molar-refractivity contribution is 6.24. The van der Waals surface area contributed by atoms with Gasteiger partial charge in [0.25, 0.3) is 5.91 Å². The van der Waals surface area contributed by atoms with Crippen LogP contribution in [0.2, 0.25) is 0 Å².